The first kappa shape index (κ1) is 75.7. The number of ether oxygens (including phenoxy) is 6. The minimum atomic E-state index is -2.30. The maximum absolute atomic E-state index is 15.9. The number of primary amides is 1. The molecule has 7 heterocycles. The van der Waals surface area contributed by atoms with Crippen molar-refractivity contribution in [3.63, 3.8) is 0 Å². The predicted molar refractivity (Wildman–Crippen MR) is 373 cm³/mol. The van der Waals surface area contributed by atoms with Gasteiger partial charge in [0.05, 0.1) is 35.3 Å². The van der Waals surface area contributed by atoms with Gasteiger partial charge < -0.3 is 123 Å². The molecule has 34 heteroatoms. The largest absolute Gasteiger partial charge is 0.508 e. The molecule has 2 unspecified atom stereocenters. The quantitative estimate of drug-likeness (QED) is 0.0832. The Morgan fingerprint density at radius 3 is 1.85 bits per heavy atom. The van der Waals surface area contributed by atoms with E-state index in [0.717, 1.165) is 83.4 Å². The highest BCUT2D eigenvalue weighted by Crippen LogP contribution is 2.50. The van der Waals surface area contributed by atoms with Gasteiger partial charge in [0, 0.05) is 46.3 Å². The Morgan fingerprint density at radius 2 is 1.24 bits per heavy atom. The summed E-state index contributed by atoms with van der Waals surface area (Å²) in [7, 11) is 0. The van der Waals surface area contributed by atoms with E-state index in [4.69, 9.17) is 74.7 Å². The monoisotopic (exact) mass is 1520 g/mol. The number of aliphatic hydroxyl groups excluding tert-OH is 6. The van der Waals surface area contributed by atoms with E-state index in [2.05, 4.69) is 31.9 Å². The maximum Gasteiger partial charge on any atom is 0.330 e. The number of hydrogen-bond acceptors (Lipinski definition) is 24. The lowest BCUT2D eigenvalue weighted by Gasteiger charge is -2.48. The highest BCUT2D eigenvalue weighted by Gasteiger charge is 2.52. The van der Waals surface area contributed by atoms with Gasteiger partial charge in [-0.05, 0) is 120 Å². The summed E-state index contributed by atoms with van der Waals surface area (Å²) in [5, 5.41) is 130. The van der Waals surface area contributed by atoms with Crippen molar-refractivity contribution in [3.05, 3.63) is 176 Å². The fraction of sp³-hybridized carbons (Fsp3) is 0.319. The van der Waals surface area contributed by atoms with E-state index in [1.54, 1.807) is 26.0 Å². The van der Waals surface area contributed by atoms with Crippen LogP contribution in [0.2, 0.25) is 15.1 Å². The van der Waals surface area contributed by atoms with Gasteiger partial charge in [0.2, 0.25) is 47.5 Å². The van der Waals surface area contributed by atoms with E-state index in [1.165, 1.54) is 12.1 Å². The van der Waals surface area contributed by atoms with Crippen molar-refractivity contribution in [1.82, 2.24) is 31.9 Å². The zero-order valence-electron chi connectivity index (χ0n) is 55.8. The van der Waals surface area contributed by atoms with Crippen molar-refractivity contribution >= 4 is 76.2 Å². The SMILES string of the molecule is C[C@@H]1O[C@@H](O[C@H]2[C@H](Oc3c4cc5cc3Oc3ccc(cc3Cl)[C@@H](O)[C@@H](N)C(=O)N[C@@H](CC(N)=O)C(=O)N[C@H]5C(=O)NC3C(=O)NC(C(=O)N[C@H](C(=O)O)c5cc(O)cc(O)c5-c5cc3ccc5O)[C@H](O)c3ccc(c(Cl)c3)O4)O[C@H](CO)[C@@H](O)[C@@H]2O)C[C@](C)(NCc2ccc(-c3ccc(Cl)cc3)cc2)[C@@H]1O. The number of hydrogen-bond donors (Lipinski definition) is 18. The van der Waals surface area contributed by atoms with Crippen LogP contribution in [0.5, 0.6) is 46.0 Å². The summed E-state index contributed by atoms with van der Waals surface area (Å²) in [6, 6.07) is 15.8. The van der Waals surface area contributed by atoms with E-state index in [1.807, 2.05) is 36.4 Å². The molecule has 0 radical (unpaired) electrons. The maximum atomic E-state index is 15.9. The van der Waals surface area contributed by atoms with E-state index in [0.29, 0.717) is 5.02 Å². The molecule has 2 fully saturated rings. The molecular weight excluding hydrogens is 1450 g/mol. The first-order valence-electron chi connectivity index (χ1n) is 32.9. The third-order valence-electron chi connectivity index (χ3n) is 18.9. The first-order valence-corrected chi connectivity index (χ1v) is 34.0. The van der Waals surface area contributed by atoms with E-state index >= 15 is 14.4 Å². The topological polar surface area (TPSA) is 501 Å². The number of aliphatic hydroxyl groups is 6. The number of carboxylic acid groups (broad SMARTS) is 1. The zero-order valence-corrected chi connectivity index (χ0v) is 58.0. The van der Waals surface area contributed by atoms with Crippen LogP contribution in [-0.2, 0) is 54.3 Å². The summed E-state index contributed by atoms with van der Waals surface area (Å²) < 4.78 is 39.1. The standard InChI is InChI=1S/C72H71Cl3N8O23/c1-28-64(93)72(2,78-26-29-3-5-30(6-4-29)31-7-12-36(73)13-8-31)25-51(101-28)105-63-61(92)60(91)49(27-84)104-71(63)106-62-47-20-35-21-48(62)103-46-16-11-34(19-41(46)75)59(90)57-69(98)82-56(70(99)100)39-22-37(85)23-44(87)52(39)38-17-32(9-14-43(38)86)54(67(96)83-57)81-68(97)55(35)80-65(94)42(24-50(76)88)79-66(95)53(77)58(89)33-10-15-45(102-47)40(74)18-33/h3-23,28,42,49,51,53-61,63-64,71,78,84-87,89-93H,24-27,77H2,1-2H3,(H2,76,88)(H,79,95)(H,80,94)(H,81,97)(H,82,98)(H,83,96)(H,99,100)/t28-,42-,49+,51-,53+,54?,55+,56-,57?,58+,59+,60+,61-,63+,64+,71-,72-/m0/s1. The molecule has 7 aromatic rings. The Hall–Kier alpha value is -9.94. The molecule has 106 heavy (non-hydrogen) atoms. The van der Waals surface area contributed by atoms with Gasteiger partial charge in [0.1, 0.15) is 89.5 Å². The summed E-state index contributed by atoms with van der Waals surface area (Å²) in [5.74, 6) is -14.7. The van der Waals surface area contributed by atoms with Gasteiger partial charge in [-0.2, -0.15) is 0 Å². The summed E-state index contributed by atoms with van der Waals surface area (Å²) in [6.07, 6.45) is -18.4. The molecule has 558 valence electrons. The van der Waals surface area contributed by atoms with Crippen LogP contribution >= 0.6 is 34.8 Å². The number of carbonyl (C=O) groups excluding carboxylic acids is 6. The minimum absolute atomic E-state index is 0.0984. The smallest absolute Gasteiger partial charge is 0.330 e. The van der Waals surface area contributed by atoms with Gasteiger partial charge in [-0.25, -0.2) is 4.79 Å². The molecule has 20 N–H and O–H groups in total. The Morgan fingerprint density at radius 1 is 0.642 bits per heavy atom. The number of benzene rings is 7. The lowest BCUT2D eigenvalue weighted by atomic mass is 9.84. The number of fused-ring (bicyclic) bond motifs is 15. The van der Waals surface area contributed by atoms with E-state index in [-0.39, 0.29) is 46.2 Å². The number of halogens is 3. The lowest BCUT2D eigenvalue weighted by Crippen LogP contribution is -2.65. The molecule has 7 aliphatic rings. The van der Waals surface area contributed by atoms with Crippen LogP contribution in [0.1, 0.15) is 90.4 Å². The Kier molecular flexibility index (Phi) is 22.1. The molecule has 0 spiro atoms. The fourth-order valence-electron chi connectivity index (χ4n) is 13.2. The number of carboxylic acids is 1. The van der Waals surface area contributed by atoms with E-state index in [9.17, 15) is 70.2 Å². The van der Waals surface area contributed by atoms with Gasteiger partial charge in [-0.1, -0.05) is 89.4 Å². The number of rotatable bonds is 12. The van der Waals surface area contributed by atoms with Crippen LogP contribution in [-0.4, -0.2) is 172 Å². The van der Waals surface area contributed by atoms with Crippen LogP contribution in [0.4, 0.5) is 0 Å². The number of carbonyl (C=O) groups is 7. The van der Waals surface area contributed by atoms with Gasteiger partial charge in [-0.3, -0.25) is 28.8 Å². The van der Waals surface area contributed by atoms with Crippen molar-refractivity contribution in [3.8, 4) is 68.2 Å². The van der Waals surface area contributed by atoms with Gasteiger partial charge in [0.25, 0.3) is 0 Å². The first-order chi connectivity index (χ1) is 50.4. The third-order valence-corrected chi connectivity index (χ3v) is 19.8. The number of nitrogens with one attached hydrogen (secondary N) is 6. The van der Waals surface area contributed by atoms with Gasteiger partial charge in [0.15, 0.2) is 29.9 Å². The van der Waals surface area contributed by atoms with Gasteiger partial charge in [-0.15, -0.1) is 0 Å². The number of aromatic hydroxyl groups is 3. The van der Waals surface area contributed by atoms with Crippen LogP contribution in [0.3, 0.4) is 0 Å². The average molecular weight is 1520 g/mol. The summed E-state index contributed by atoms with van der Waals surface area (Å²) in [5.41, 5.74) is 10.7. The van der Waals surface area contributed by atoms with Crippen molar-refractivity contribution in [1.29, 1.82) is 0 Å². The molecule has 0 aliphatic carbocycles. The van der Waals surface area contributed by atoms with Crippen molar-refractivity contribution in [2.24, 2.45) is 11.5 Å². The molecule has 7 aliphatic heterocycles. The van der Waals surface area contributed by atoms with Gasteiger partial charge >= 0.3 is 5.97 Å². The van der Waals surface area contributed by atoms with Crippen molar-refractivity contribution in [2.75, 3.05) is 6.61 Å². The zero-order chi connectivity index (χ0) is 76.1. The molecule has 0 saturated carbocycles. The molecular formula is C72H71Cl3N8O23. The third kappa shape index (κ3) is 15.7. The Labute approximate surface area is 616 Å². The highest BCUT2D eigenvalue weighted by atomic mass is 35.5. The summed E-state index contributed by atoms with van der Waals surface area (Å²) >= 11 is 20.2. The number of nitrogens with two attached hydrogens (primary N) is 2. The molecule has 11 bridgehead atoms. The normalized spacial score (nSPS) is 28.2. The molecule has 31 nitrogen and oxygen atoms in total. The van der Waals surface area contributed by atoms with Crippen LogP contribution in [0, 0.1) is 0 Å². The van der Waals surface area contributed by atoms with Crippen molar-refractivity contribution < 1.29 is 113 Å². The highest BCUT2D eigenvalue weighted by molar-refractivity contribution is 6.32. The second-order valence-corrected chi connectivity index (χ2v) is 27.5. The Balaban J connectivity index is 1.02. The molecule has 7 aromatic carbocycles. The second-order valence-electron chi connectivity index (χ2n) is 26.3. The van der Waals surface area contributed by atoms with Crippen LogP contribution in [0.25, 0.3) is 22.3 Å². The molecule has 17 atom stereocenters. The number of amides is 6. The number of aliphatic carboxylic acids is 1. The molecule has 6 amide bonds. The van der Waals surface area contributed by atoms with Crippen LogP contribution < -0.4 is 57.6 Å². The minimum Gasteiger partial charge on any atom is -0.508 e. The summed E-state index contributed by atoms with van der Waals surface area (Å²) in [6.45, 7) is 2.55. The molecule has 0 aromatic heterocycles. The summed E-state index contributed by atoms with van der Waals surface area (Å²) in [4.78, 5) is 101. The van der Waals surface area contributed by atoms with Crippen LogP contribution in [0.15, 0.2) is 127 Å². The second kappa shape index (κ2) is 30.9. The number of phenolic OH excluding ortho intramolecular Hbond substituents is 3. The fourth-order valence-corrected chi connectivity index (χ4v) is 13.8. The number of phenols is 3. The average Bonchev–Trinajstić information content (AvgIpc) is 0.768. The predicted octanol–water partition coefficient (Wildman–Crippen LogP) is 3.47. The van der Waals surface area contributed by atoms with E-state index < -0.39 is 219 Å². The molecule has 14 rings (SSSR count). The molecule has 2 saturated heterocycles. The van der Waals surface area contributed by atoms with Crippen molar-refractivity contribution in [2.45, 2.75) is 136 Å². The lowest BCUT2D eigenvalue weighted by molar-refractivity contribution is -0.334. The Bertz CT molecular complexity index is 4600.